The van der Waals surface area contributed by atoms with E-state index in [2.05, 4.69) is 9.97 Å². The Morgan fingerprint density at radius 3 is 2.86 bits per heavy atom. The van der Waals surface area contributed by atoms with Gasteiger partial charge in [-0.1, -0.05) is 0 Å². The van der Waals surface area contributed by atoms with E-state index in [9.17, 15) is 14.0 Å². The van der Waals surface area contributed by atoms with Crippen LogP contribution in [0.3, 0.4) is 0 Å². The number of hydrogen-bond acceptors (Lipinski definition) is 4. The number of oxazole rings is 1. The van der Waals surface area contributed by atoms with Gasteiger partial charge in [-0.3, -0.25) is 4.79 Å². The van der Waals surface area contributed by atoms with Gasteiger partial charge in [0.2, 0.25) is 5.58 Å². The maximum Gasteiger partial charge on any atom is 0.510 e. The molecule has 0 fully saturated rings. The summed E-state index contributed by atoms with van der Waals surface area (Å²) >= 11 is 0. The number of H-pyrrole nitrogens is 2. The van der Waals surface area contributed by atoms with Crippen LogP contribution in [0.2, 0.25) is 0 Å². The normalized spacial score (nSPS) is 12.0. The van der Waals surface area contributed by atoms with Gasteiger partial charge in [-0.05, 0) is 39.0 Å². The largest absolute Gasteiger partial charge is 0.510 e. The molecule has 7 nitrogen and oxygen atoms in total. The minimum atomic E-state index is -0.611. The second-order valence-corrected chi connectivity index (χ2v) is 7.56. The number of ether oxygens (including phenoxy) is 1. The molecule has 4 aromatic rings. The Hall–Kier alpha value is -3.42. The van der Waals surface area contributed by atoms with E-state index in [0.29, 0.717) is 16.7 Å². The number of carbonyl (C=O) groups excluding carboxylic acids is 1. The van der Waals surface area contributed by atoms with Crippen molar-refractivity contribution in [2.75, 3.05) is 0 Å². The summed E-state index contributed by atoms with van der Waals surface area (Å²) in [5, 5.41) is 0.760. The number of esters is 1. The van der Waals surface area contributed by atoms with E-state index >= 15 is 0 Å². The predicted octanol–water partition coefficient (Wildman–Crippen LogP) is 3.04. The van der Waals surface area contributed by atoms with Crippen molar-refractivity contribution in [3.8, 4) is 11.1 Å². The van der Waals surface area contributed by atoms with Gasteiger partial charge >= 0.3 is 17.4 Å². The number of nitrogens with one attached hydrogen (secondary N) is 2. The van der Waals surface area contributed by atoms with Crippen molar-refractivity contribution in [1.82, 2.24) is 9.55 Å². The zero-order valence-corrected chi connectivity index (χ0v) is 15.6. The Kier molecular flexibility index (Phi) is 4.06. The van der Waals surface area contributed by atoms with Crippen molar-refractivity contribution in [3.05, 3.63) is 53.0 Å². The molecule has 28 heavy (non-hydrogen) atoms. The third kappa shape index (κ3) is 3.40. The Morgan fingerprint density at radius 1 is 1.32 bits per heavy atom. The summed E-state index contributed by atoms with van der Waals surface area (Å²) < 4.78 is 26.0. The molecule has 0 saturated heterocycles. The maximum absolute atomic E-state index is 13.9. The zero-order valence-electron chi connectivity index (χ0n) is 15.6. The van der Waals surface area contributed by atoms with Gasteiger partial charge in [0.25, 0.3) is 0 Å². The molecular formula is C20H19FN3O4+. The van der Waals surface area contributed by atoms with Gasteiger partial charge < -0.3 is 13.7 Å². The summed E-state index contributed by atoms with van der Waals surface area (Å²) in [6, 6.07) is 6.10. The molecule has 0 amide bonds. The third-order valence-electron chi connectivity index (χ3n) is 4.21. The summed E-state index contributed by atoms with van der Waals surface area (Å²) in [5.74, 6) is -1.38. The van der Waals surface area contributed by atoms with Crippen LogP contribution in [0.5, 0.6) is 0 Å². The average Bonchev–Trinajstić information content (AvgIpc) is 3.12. The highest BCUT2D eigenvalue weighted by molar-refractivity contribution is 5.97. The summed E-state index contributed by atoms with van der Waals surface area (Å²) in [7, 11) is 0. The van der Waals surface area contributed by atoms with E-state index < -0.39 is 23.1 Å². The van der Waals surface area contributed by atoms with E-state index in [1.807, 2.05) is 0 Å². The smallest absolute Gasteiger partial charge is 0.459 e. The molecule has 2 N–H and O–H groups in total. The quantitative estimate of drug-likeness (QED) is 0.550. The van der Waals surface area contributed by atoms with Crippen LogP contribution in [0, 0.1) is 5.82 Å². The Bertz CT molecular complexity index is 1260. The van der Waals surface area contributed by atoms with Crippen molar-refractivity contribution < 1.29 is 23.3 Å². The van der Waals surface area contributed by atoms with Crippen LogP contribution >= 0.6 is 0 Å². The van der Waals surface area contributed by atoms with Gasteiger partial charge in [0.15, 0.2) is 0 Å². The second-order valence-electron chi connectivity index (χ2n) is 7.56. The fourth-order valence-corrected chi connectivity index (χ4v) is 3.18. The lowest BCUT2D eigenvalue weighted by molar-refractivity contribution is -0.346. The van der Waals surface area contributed by atoms with Crippen molar-refractivity contribution in [2.45, 2.75) is 32.9 Å². The number of benzene rings is 1. The molecule has 4 rings (SSSR count). The van der Waals surface area contributed by atoms with E-state index in [-0.39, 0.29) is 6.54 Å². The number of pyridine rings is 1. The van der Waals surface area contributed by atoms with Crippen molar-refractivity contribution in [3.63, 3.8) is 0 Å². The first kappa shape index (κ1) is 18.0. The van der Waals surface area contributed by atoms with Crippen LogP contribution in [0.15, 0.2) is 45.9 Å². The van der Waals surface area contributed by atoms with E-state index in [0.717, 1.165) is 16.5 Å². The molecular weight excluding hydrogens is 365 g/mol. The zero-order chi connectivity index (χ0) is 20.1. The molecule has 0 aliphatic rings. The highest BCUT2D eigenvalue weighted by Gasteiger charge is 2.20. The summed E-state index contributed by atoms with van der Waals surface area (Å²) in [4.78, 5) is 29.2. The van der Waals surface area contributed by atoms with E-state index in [1.54, 1.807) is 49.9 Å². The standard InChI is InChI=1S/C20H18FN3O4/c1-20(2,3)28-17(25)10-24-9-14(13-5-4-12(21)7-15(13)24)11-6-16-18(22-8-11)23-19(26)27-16/h4-9H,10H2,1-3H3,(H,22,23,26)/p+1. The molecule has 0 spiro atoms. The molecule has 8 heteroatoms. The van der Waals surface area contributed by atoms with Gasteiger partial charge in [0, 0.05) is 28.8 Å². The Morgan fingerprint density at radius 2 is 2.11 bits per heavy atom. The number of aromatic amines is 2. The monoisotopic (exact) mass is 384 g/mol. The minimum Gasteiger partial charge on any atom is -0.459 e. The highest BCUT2D eigenvalue weighted by atomic mass is 19.1. The number of nitrogens with zero attached hydrogens (tertiary/aromatic N) is 1. The first-order chi connectivity index (χ1) is 13.2. The molecule has 0 atom stereocenters. The van der Waals surface area contributed by atoms with Gasteiger partial charge in [0.05, 0.1) is 11.7 Å². The number of fused-ring (bicyclic) bond motifs is 2. The Labute approximate surface area is 158 Å². The molecule has 0 aliphatic heterocycles. The predicted molar refractivity (Wildman–Crippen MR) is 100 cm³/mol. The van der Waals surface area contributed by atoms with Crippen molar-refractivity contribution in [2.24, 2.45) is 0 Å². The number of rotatable bonds is 3. The number of hydrogen-bond donors (Lipinski definition) is 1. The molecule has 3 aromatic heterocycles. The highest BCUT2D eigenvalue weighted by Crippen LogP contribution is 2.31. The second kappa shape index (κ2) is 6.33. The lowest BCUT2D eigenvalue weighted by atomic mass is 10.1. The van der Waals surface area contributed by atoms with Gasteiger partial charge in [-0.25, -0.2) is 9.37 Å². The van der Waals surface area contributed by atoms with Crippen LogP contribution in [0.25, 0.3) is 33.3 Å². The fraction of sp³-hybridized carbons (Fsp3) is 0.250. The first-order valence-electron chi connectivity index (χ1n) is 8.75. The molecule has 3 heterocycles. The fourth-order valence-electron chi connectivity index (χ4n) is 3.18. The van der Waals surface area contributed by atoms with Crippen molar-refractivity contribution >= 4 is 28.1 Å². The lowest BCUT2D eigenvalue weighted by Gasteiger charge is -2.19. The Balaban J connectivity index is 1.82. The van der Waals surface area contributed by atoms with Crippen molar-refractivity contribution in [1.29, 1.82) is 0 Å². The molecule has 0 aliphatic carbocycles. The third-order valence-corrected chi connectivity index (χ3v) is 4.21. The van der Waals surface area contributed by atoms with Crippen LogP contribution < -0.4 is 10.7 Å². The van der Waals surface area contributed by atoms with E-state index in [1.165, 1.54) is 12.1 Å². The van der Waals surface area contributed by atoms with Gasteiger partial charge in [-0.15, -0.1) is 0 Å². The van der Waals surface area contributed by atoms with Crippen LogP contribution in [0.1, 0.15) is 20.8 Å². The van der Waals surface area contributed by atoms with Gasteiger partial charge in [-0.2, -0.15) is 9.78 Å². The first-order valence-corrected chi connectivity index (χ1v) is 8.75. The topological polar surface area (TPSA) is 91.4 Å². The molecule has 144 valence electrons. The molecule has 0 unspecified atom stereocenters. The van der Waals surface area contributed by atoms with Crippen LogP contribution in [-0.2, 0) is 16.1 Å². The van der Waals surface area contributed by atoms with Gasteiger partial charge in [0.1, 0.15) is 18.0 Å². The SMILES string of the molecule is CC(C)(C)OC(=O)Cn1cc(-c2c[nH+]c3[nH]c(=O)oc3c2)c2ccc(F)cc21. The minimum absolute atomic E-state index is 0.0532. The number of carbonyl (C=O) groups is 1. The summed E-state index contributed by atoms with van der Waals surface area (Å²) in [6.45, 7) is 5.32. The van der Waals surface area contributed by atoms with Crippen LogP contribution in [0.4, 0.5) is 4.39 Å². The average molecular weight is 384 g/mol. The summed E-state index contributed by atoms with van der Waals surface area (Å²) in [6.07, 6.45) is 3.47. The molecule has 1 aromatic carbocycles. The molecule has 0 saturated carbocycles. The van der Waals surface area contributed by atoms with Crippen LogP contribution in [-0.4, -0.2) is 21.1 Å². The number of halogens is 1. The summed E-state index contributed by atoms with van der Waals surface area (Å²) in [5.41, 5.74) is 2.29. The molecule has 0 radical (unpaired) electrons. The van der Waals surface area contributed by atoms with E-state index in [4.69, 9.17) is 9.15 Å². The maximum atomic E-state index is 13.9. The molecule has 0 bridgehead atoms. The lowest BCUT2D eigenvalue weighted by Crippen LogP contribution is -2.26. The number of aromatic nitrogens is 3.